The van der Waals surface area contributed by atoms with E-state index >= 15 is 0 Å². The normalized spacial score (nSPS) is 21.4. The molecule has 0 bridgehead atoms. The van der Waals surface area contributed by atoms with Gasteiger partial charge in [0.2, 0.25) is 0 Å². The maximum absolute atomic E-state index is 13.2. The maximum atomic E-state index is 13.2. The van der Waals surface area contributed by atoms with E-state index < -0.39 is 5.54 Å². The Morgan fingerprint density at radius 2 is 1.53 bits per heavy atom. The number of nitrogens with zero attached hydrogens (tertiary/aromatic N) is 4. The summed E-state index contributed by atoms with van der Waals surface area (Å²) < 4.78 is 0. The topological polar surface area (TPSA) is 68.2 Å². The van der Waals surface area contributed by atoms with E-state index in [9.17, 15) is 9.59 Å². The van der Waals surface area contributed by atoms with Gasteiger partial charge in [-0.05, 0) is 43.7 Å². The quantitative estimate of drug-likeness (QED) is 0.489. The van der Waals surface area contributed by atoms with Gasteiger partial charge in [0.25, 0.3) is 5.91 Å². The number of hydrogen-bond acceptors (Lipinski definition) is 6. The van der Waals surface area contributed by atoms with Crippen LogP contribution in [0.5, 0.6) is 0 Å². The van der Waals surface area contributed by atoms with Crippen molar-refractivity contribution >= 4 is 35.2 Å². The van der Waals surface area contributed by atoms with E-state index in [-0.39, 0.29) is 11.9 Å². The molecule has 8 heteroatoms. The molecule has 3 heterocycles. The number of piperazine rings is 1. The van der Waals surface area contributed by atoms with Crippen molar-refractivity contribution in [2.45, 2.75) is 28.7 Å². The first-order chi connectivity index (χ1) is 18.5. The Hall–Kier alpha value is -3.62. The Kier molecular flexibility index (Phi) is 6.68. The van der Waals surface area contributed by atoms with Gasteiger partial charge in [-0.3, -0.25) is 14.6 Å². The minimum atomic E-state index is -1.00. The van der Waals surface area contributed by atoms with Gasteiger partial charge >= 0.3 is 6.03 Å². The molecule has 38 heavy (non-hydrogen) atoms. The van der Waals surface area contributed by atoms with E-state index in [0.29, 0.717) is 6.54 Å². The number of urea groups is 1. The Labute approximate surface area is 227 Å². The molecule has 3 aromatic carbocycles. The molecule has 2 saturated heterocycles. The third-order valence-electron chi connectivity index (χ3n) is 7.59. The molecule has 3 aliphatic rings. The summed E-state index contributed by atoms with van der Waals surface area (Å²) in [4.78, 5) is 39.5. The zero-order chi connectivity index (χ0) is 26.1. The SMILES string of the molecule is CC1(c2ccccc2)NC(=O)N(CCCN2CCN(C3=Nc4ccccc4Sc4ccccc43)CC2)C1=O. The van der Waals surface area contributed by atoms with E-state index in [0.717, 1.165) is 56.2 Å². The first-order valence-electron chi connectivity index (χ1n) is 13.1. The lowest BCUT2D eigenvalue weighted by molar-refractivity contribution is -0.131. The number of para-hydroxylation sites is 1. The van der Waals surface area contributed by atoms with Crippen LogP contribution in [0.4, 0.5) is 10.5 Å². The van der Waals surface area contributed by atoms with Gasteiger partial charge in [-0.25, -0.2) is 9.79 Å². The van der Waals surface area contributed by atoms with Crippen LogP contribution in [0, 0.1) is 0 Å². The molecule has 0 radical (unpaired) electrons. The molecule has 7 nitrogen and oxygen atoms in total. The molecule has 3 aromatic rings. The van der Waals surface area contributed by atoms with Crippen molar-refractivity contribution in [1.29, 1.82) is 0 Å². The Bertz CT molecular complexity index is 1390. The van der Waals surface area contributed by atoms with Gasteiger partial charge in [0.15, 0.2) is 0 Å². The standard InChI is InChI=1S/C30H31N5O2S/c1-30(22-10-3-2-4-11-22)28(36)35(29(37)32-30)17-9-16-33-18-20-34(21-19-33)27-23-12-5-7-14-25(23)38-26-15-8-6-13-24(26)31-27/h2-8,10-15H,9,16-21H2,1H3,(H,32,37). The van der Waals surface area contributed by atoms with Crippen molar-refractivity contribution in [1.82, 2.24) is 20.0 Å². The number of carbonyl (C=O) groups is 2. The number of imide groups is 1. The third-order valence-corrected chi connectivity index (χ3v) is 8.73. The number of amidine groups is 1. The highest BCUT2D eigenvalue weighted by molar-refractivity contribution is 7.99. The van der Waals surface area contributed by atoms with Crippen LogP contribution in [-0.4, -0.2) is 71.7 Å². The summed E-state index contributed by atoms with van der Waals surface area (Å²) in [6, 6.07) is 26.0. The zero-order valence-electron chi connectivity index (χ0n) is 21.5. The van der Waals surface area contributed by atoms with Crippen molar-refractivity contribution in [3.63, 3.8) is 0 Å². The molecular formula is C30H31N5O2S. The molecule has 1 N–H and O–H groups in total. The molecule has 0 saturated carbocycles. The van der Waals surface area contributed by atoms with Crippen LogP contribution in [0.25, 0.3) is 0 Å². The summed E-state index contributed by atoms with van der Waals surface area (Å²) in [6.07, 6.45) is 0.748. The molecule has 0 spiro atoms. The van der Waals surface area contributed by atoms with Crippen molar-refractivity contribution in [2.75, 3.05) is 39.3 Å². The summed E-state index contributed by atoms with van der Waals surface area (Å²) in [5.41, 5.74) is 2.00. The predicted octanol–water partition coefficient (Wildman–Crippen LogP) is 4.70. The highest BCUT2D eigenvalue weighted by Crippen LogP contribution is 2.40. The number of aliphatic imine (C=N–C) groups is 1. The second-order valence-electron chi connectivity index (χ2n) is 10.1. The van der Waals surface area contributed by atoms with E-state index in [1.807, 2.05) is 36.4 Å². The molecule has 0 aromatic heterocycles. The monoisotopic (exact) mass is 525 g/mol. The lowest BCUT2D eigenvalue weighted by Gasteiger charge is -2.36. The van der Waals surface area contributed by atoms with Crippen LogP contribution in [0.1, 0.15) is 24.5 Å². The lowest BCUT2D eigenvalue weighted by atomic mass is 9.92. The fourth-order valence-corrected chi connectivity index (χ4v) is 6.43. The Morgan fingerprint density at radius 3 is 2.32 bits per heavy atom. The predicted molar refractivity (Wildman–Crippen MR) is 150 cm³/mol. The fourth-order valence-electron chi connectivity index (χ4n) is 5.41. The van der Waals surface area contributed by atoms with Gasteiger partial charge in [-0.1, -0.05) is 72.4 Å². The maximum Gasteiger partial charge on any atom is 0.325 e. The molecular weight excluding hydrogens is 494 g/mol. The van der Waals surface area contributed by atoms with E-state index in [1.165, 1.54) is 20.3 Å². The average molecular weight is 526 g/mol. The largest absolute Gasteiger partial charge is 0.354 e. The third kappa shape index (κ3) is 4.59. The summed E-state index contributed by atoms with van der Waals surface area (Å²) in [7, 11) is 0. The Balaban J connectivity index is 1.07. The lowest BCUT2D eigenvalue weighted by Crippen LogP contribution is -2.49. The summed E-state index contributed by atoms with van der Waals surface area (Å²) in [6.45, 7) is 6.64. The van der Waals surface area contributed by atoms with Crippen LogP contribution in [0.15, 0.2) is 93.6 Å². The zero-order valence-corrected chi connectivity index (χ0v) is 22.3. The van der Waals surface area contributed by atoms with Gasteiger partial charge in [0, 0.05) is 48.1 Å². The summed E-state index contributed by atoms with van der Waals surface area (Å²) in [5.74, 6) is 0.860. The first-order valence-corrected chi connectivity index (χ1v) is 14.0. The van der Waals surface area contributed by atoms with Gasteiger partial charge in [-0.2, -0.15) is 0 Å². The minimum absolute atomic E-state index is 0.179. The van der Waals surface area contributed by atoms with Crippen LogP contribution in [-0.2, 0) is 10.3 Å². The van der Waals surface area contributed by atoms with Crippen LogP contribution >= 0.6 is 11.8 Å². The molecule has 3 aliphatic heterocycles. The van der Waals surface area contributed by atoms with Gasteiger partial charge in [-0.15, -0.1) is 0 Å². The highest BCUT2D eigenvalue weighted by Gasteiger charge is 2.48. The van der Waals surface area contributed by atoms with Crippen molar-refractivity contribution in [3.05, 3.63) is 90.0 Å². The van der Waals surface area contributed by atoms with Crippen LogP contribution in [0.2, 0.25) is 0 Å². The molecule has 0 aliphatic carbocycles. The Morgan fingerprint density at radius 1 is 0.842 bits per heavy atom. The van der Waals surface area contributed by atoms with Crippen LogP contribution in [0.3, 0.4) is 0 Å². The van der Waals surface area contributed by atoms with Gasteiger partial charge in [0.1, 0.15) is 11.4 Å². The number of benzene rings is 3. The van der Waals surface area contributed by atoms with E-state index in [1.54, 1.807) is 18.7 Å². The number of nitrogens with one attached hydrogen (secondary N) is 1. The first kappa shape index (κ1) is 24.7. The number of hydrogen-bond donors (Lipinski definition) is 1. The van der Waals surface area contributed by atoms with Crippen molar-refractivity contribution < 1.29 is 9.59 Å². The molecule has 3 amide bonds. The average Bonchev–Trinajstić information content (AvgIpc) is 3.08. The second-order valence-corrected chi connectivity index (χ2v) is 11.1. The number of amides is 3. The van der Waals surface area contributed by atoms with Crippen LogP contribution < -0.4 is 5.32 Å². The summed E-state index contributed by atoms with van der Waals surface area (Å²) >= 11 is 1.78. The number of carbonyl (C=O) groups excluding carboxylic acids is 2. The highest BCUT2D eigenvalue weighted by atomic mass is 32.2. The second kappa shape index (κ2) is 10.3. The summed E-state index contributed by atoms with van der Waals surface area (Å²) in [5, 5.41) is 2.90. The molecule has 194 valence electrons. The van der Waals surface area contributed by atoms with E-state index in [2.05, 4.69) is 57.6 Å². The number of fused-ring (bicyclic) bond motifs is 2. The minimum Gasteiger partial charge on any atom is -0.354 e. The molecule has 1 atom stereocenters. The molecule has 2 fully saturated rings. The smallest absolute Gasteiger partial charge is 0.325 e. The van der Waals surface area contributed by atoms with Crippen molar-refractivity contribution in [3.8, 4) is 0 Å². The van der Waals surface area contributed by atoms with Gasteiger partial charge < -0.3 is 10.2 Å². The fraction of sp³-hybridized carbons (Fsp3) is 0.300. The van der Waals surface area contributed by atoms with Crippen molar-refractivity contribution in [2.24, 2.45) is 4.99 Å². The number of rotatable bonds is 5. The van der Waals surface area contributed by atoms with Gasteiger partial charge in [0.05, 0.1) is 5.69 Å². The van der Waals surface area contributed by atoms with E-state index in [4.69, 9.17) is 4.99 Å². The molecule has 6 rings (SSSR count). The molecule has 1 unspecified atom stereocenters.